The summed E-state index contributed by atoms with van der Waals surface area (Å²) in [4.78, 5) is 12.3. The Morgan fingerprint density at radius 3 is 2.77 bits per heavy atom. The molecule has 2 aliphatic heterocycles. The molecule has 1 aromatic rings. The number of nitrogens with one attached hydrogen (secondary N) is 2. The summed E-state index contributed by atoms with van der Waals surface area (Å²) in [5.74, 6) is -0.206. The van der Waals surface area contributed by atoms with Crippen molar-refractivity contribution in [3.8, 4) is 0 Å². The van der Waals surface area contributed by atoms with E-state index in [-0.39, 0.29) is 34.9 Å². The monoisotopic (exact) mass is 466 g/mol. The van der Waals surface area contributed by atoms with E-state index in [0.717, 1.165) is 19.5 Å². The van der Waals surface area contributed by atoms with Crippen LogP contribution in [-0.2, 0) is 6.54 Å². The predicted octanol–water partition coefficient (Wildman–Crippen LogP) is 2.50. The van der Waals surface area contributed by atoms with E-state index in [1.807, 2.05) is 7.05 Å². The van der Waals surface area contributed by atoms with Gasteiger partial charge in [0.1, 0.15) is 23.2 Å². The SMILES string of the molecule is CN1CCC(C(N)=NC(=N)C(=N)/C=C2\C(N)=NCCN2Cc2c(Cl)ccc(F)c2Cl)C1. The number of likely N-dealkylation sites (tertiary alicyclic amines) is 1. The fraction of sp³-hybridized carbons (Fsp3) is 0.400. The van der Waals surface area contributed by atoms with Gasteiger partial charge in [0.15, 0.2) is 5.84 Å². The van der Waals surface area contributed by atoms with Gasteiger partial charge in [-0.25, -0.2) is 9.38 Å². The van der Waals surface area contributed by atoms with Gasteiger partial charge in [0.2, 0.25) is 0 Å². The molecule has 3 rings (SSSR count). The first kappa shape index (κ1) is 23.2. The smallest absolute Gasteiger partial charge is 0.171 e. The van der Waals surface area contributed by atoms with Gasteiger partial charge in [-0.05, 0) is 38.2 Å². The van der Waals surface area contributed by atoms with Crippen molar-refractivity contribution >= 4 is 46.4 Å². The minimum atomic E-state index is -0.567. The maximum Gasteiger partial charge on any atom is 0.171 e. The van der Waals surface area contributed by atoms with E-state index in [1.165, 1.54) is 18.2 Å². The van der Waals surface area contributed by atoms with Crippen LogP contribution in [0, 0.1) is 22.6 Å². The van der Waals surface area contributed by atoms with Gasteiger partial charge in [0, 0.05) is 36.1 Å². The first-order valence-electron chi connectivity index (χ1n) is 9.76. The molecule has 0 aromatic heterocycles. The van der Waals surface area contributed by atoms with Crippen LogP contribution in [0.15, 0.2) is 33.9 Å². The lowest BCUT2D eigenvalue weighted by molar-refractivity contribution is 0.352. The van der Waals surface area contributed by atoms with E-state index in [1.54, 1.807) is 4.90 Å². The number of aliphatic imine (C=N–C) groups is 2. The lowest BCUT2D eigenvalue weighted by Gasteiger charge is -2.30. The average molecular weight is 467 g/mol. The van der Waals surface area contributed by atoms with Gasteiger partial charge in [-0.2, -0.15) is 0 Å². The Balaban J connectivity index is 1.81. The molecular formula is C20H25Cl2FN8. The van der Waals surface area contributed by atoms with Crippen molar-refractivity contribution in [2.24, 2.45) is 27.4 Å². The van der Waals surface area contributed by atoms with Crippen LogP contribution >= 0.6 is 23.2 Å². The molecule has 166 valence electrons. The number of nitrogens with zero attached hydrogens (tertiary/aromatic N) is 4. The van der Waals surface area contributed by atoms with E-state index < -0.39 is 5.82 Å². The Kier molecular flexibility index (Phi) is 7.30. The summed E-state index contributed by atoms with van der Waals surface area (Å²) in [6.45, 7) is 2.77. The number of halogens is 3. The van der Waals surface area contributed by atoms with Gasteiger partial charge in [-0.3, -0.25) is 15.8 Å². The Bertz CT molecular complexity index is 988. The minimum Gasteiger partial charge on any atom is -0.387 e. The average Bonchev–Trinajstić information content (AvgIpc) is 3.16. The number of rotatable bonds is 5. The van der Waals surface area contributed by atoms with Crippen LogP contribution in [0.4, 0.5) is 4.39 Å². The van der Waals surface area contributed by atoms with Crippen molar-refractivity contribution in [1.82, 2.24) is 9.80 Å². The first-order chi connectivity index (χ1) is 14.7. The van der Waals surface area contributed by atoms with E-state index >= 15 is 0 Å². The van der Waals surface area contributed by atoms with Gasteiger partial charge < -0.3 is 21.3 Å². The highest BCUT2D eigenvalue weighted by Crippen LogP contribution is 2.30. The molecule has 1 aromatic carbocycles. The second kappa shape index (κ2) is 9.76. The second-order valence-electron chi connectivity index (χ2n) is 7.59. The Labute approximate surface area is 190 Å². The number of hydrogen-bond acceptors (Lipinski definition) is 6. The zero-order chi connectivity index (χ0) is 22.7. The van der Waals surface area contributed by atoms with Crippen LogP contribution < -0.4 is 11.5 Å². The molecule has 2 aliphatic rings. The number of hydrogen-bond donors (Lipinski definition) is 4. The third-order valence-electron chi connectivity index (χ3n) is 5.33. The molecule has 6 N–H and O–H groups in total. The van der Waals surface area contributed by atoms with Gasteiger partial charge in [0.05, 0.1) is 17.3 Å². The van der Waals surface area contributed by atoms with Gasteiger partial charge in [0.25, 0.3) is 0 Å². The summed E-state index contributed by atoms with van der Waals surface area (Å²) in [6.07, 6.45) is 2.29. The summed E-state index contributed by atoms with van der Waals surface area (Å²) in [5.41, 5.74) is 12.8. The minimum absolute atomic E-state index is 0.0605. The number of nitrogens with two attached hydrogens (primary N) is 2. The highest BCUT2D eigenvalue weighted by atomic mass is 35.5. The predicted molar refractivity (Wildman–Crippen MR) is 124 cm³/mol. The molecule has 0 amide bonds. The summed E-state index contributed by atoms with van der Waals surface area (Å²) >= 11 is 12.3. The highest BCUT2D eigenvalue weighted by molar-refractivity contribution is 6.45. The van der Waals surface area contributed by atoms with Crippen molar-refractivity contribution in [2.75, 3.05) is 33.2 Å². The summed E-state index contributed by atoms with van der Waals surface area (Å²) in [6, 6.07) is 2.65. The molecule has 0 radical (unpaired) electrons. The van der Waals surface area contributed by atoms with Crippen molar-refractivity contribution in [2.45, 2.75) is 13.0 Å². The van der Waals surface area contributed by atoms with Crippen molar-refractivity contribution < 1.29 is 4.39 Å². The molecule has 2 heterocycles. The molecule has 11 heteroatoms. The molecule has 1 saturated heterocycles. The lowest BCUT2D eigenvalue weighted by Crippen LogP contribution is -2.38. The van der Waals surface area contributed by atoms with Crippen molar-refractivity contribution in [3.05, 3.63) is 45.3 Å². The topological polar surface area (TPSA) is 131 Å². The van der Waals surface area contributed by atoms with Crippen LogP contribution in [0.5, 0.6) is 0 Å². The fourth-order valence-corrected chi connectivity index (χ4v) is 4.04. The summed E-state index contributed by atoms with van der Waals surface area (Å²) in [5, 5.41) is 16.7. The summed E-state index contributed by atoms with van der Waals surface area (Å²) in [7, 11) is 2.00. The highest BCUT2D eigenvalue weighted by Gasteiger charge is 2.24. The van der Waals surface area contributed by atoms with E-state index in [4.69, 9.17) is 45.5 Å². The Morgan fingerprint density at radius 2 is 2.10 bits per heavy atom. The Hall–Kier alpha value is -2.49. The van der Waals surface area contributed by atoms with Crippen LogP contribution in [0.1, 0.15) is 12.0 Å². The maximum absolute atomic E-state index is 13.9. The third-order valence-corrected chi connectivity index (χ3v) is 6.09. The van der Waals surface area contributed by atoms with E-state index in [0.29, 0.717) is 35.2 Å². The number of benzene rings is 1. The van der Waals surface area contributed by atoms with Crippen molar-refractivity contribution in [3.63, 3.8) is 0 Å². The normalized spacial score (nSPS) is 21.5. The van der Waals surface area contributed by atoms with Crippen molar-refractivity contribution in [1.29, 1.82) is 10.8 Å². The molecule has 0 aliphatic carbocycles. The molecular weight excluding hydrogens is 442 g/mol. The van der Waals surface area contributed by atoms with Crippen LogP contribution in [0.25, 0.3) is 0 Å². The summed E-state index contributed by atoms with van der Waals surface area (Å²) < 4.78 is 13.9. The van der Waals surface area contributed by atoms with Gasteiger partial charge >= 0.3 is 0 Å². The molecule has 0 bridgehead atoms. The molecule has 0 saturated carbocycles. The second-order valence-corrected chi connectivity index (χ2v) is 8.37. The Morgan fingerprint density at radius 1 is 1.35 bits per heavy atom. The first-order valence-corrected chi connectivity index (χ1v) is 10.5. The fourth-order valence-electron chi connectivity index (χ4n) is 3.55. The molecule has 31 heavy (non-hydrogen) atoms. The molecule has 8 nitrogen and oxygen atoms in total. The molecule has 1 unspecified atom stereocenters. The van der Waals surface area contributed by atoms with Gasteiger partial charge in [-0.1, -0.05) is 23.2 Å². The van der Waals surface area contributed by atoms with Crippen LogP contribution in [0.2, 0.25) is 10.0 Å². The largest absolute Gasteiger partial charge is 0.387 e. The van der Waals surface area contributed by atoms with E-state index in [2.05, 4.69) is 14.9 Å². The molecule has 1 fully saturated rings. The third kappa shape index (κ3) is 5.41. The lowest BCUT2D eigenvalue weighted by atomic mass is 10.1. The zero-order valence-electron chi connectivity index (χ0n) is 17.1. The molecule has 0 spiro atoms. The molecule has 1 atom stereocenters. The van der Waals surface area contributed by atoms with Gasteiger partial charge in [-0.15, -0.1) is 0 Å². The number of amidine groups is 3. The quantitative estimate of drug-likeness (QED) is 0.301. The van der Waals surface area contributed by atoms with E-state index in [9.17, 15) is 4.39 Å². The standard InChI is InChI=1S/C20H25Cl2FN8/c1-30-6-4-11(9-30)18(25)29-19(26)15(24)8-16-20(27)28-5-7-31(16)10-12-13(21)2-3-14(23)17(12)22/h2-3,8,11,24H,4-7,9-10H2,1H3,(H2,27,28)(H3,25,26,29)/b16-8+,24-15?. The zero-order valence-corrected chi connectivity index (χ0v) is 18.6. The maximum atomic E-state index is 13.9. The van der Waals surface area contributed by atoms with Crippen LogP contribution in [-0.4, -0.2) is 66.2 Å². The van der Waals surface area contributed by atoms with Crippen LogP contribution in [0.3, 0.4) is 0 Å².